The molecular formula is C20H24N2O4S. The number of carboxylic acids is 1. The molecule has 1 fully saturated rings. The summed E-state index contributed by atoms with van der Waals surface area (Å²) in [5.74, 6) is 0.206. The molecule has 1 amide bonds. The number of carbonyl (C=O) groups excluding carboxylic acids is 1. The largest absolute Gasteiger partial charge is 0.494 e. The number of hydrogen-bond acceptors (Lipinski definition) is 5. The molecular weight excluding hydrogens is 364 g/mol. The van der Waals surface area contributed by atoms with E-state index in [0.29, 0.717) is 24.6 Å². The van der Waals surface area contributed by atoms with Gasteiger partial charge in [-0.3, -0.25) is 9.59 Å². The minimum atomic E-state index is -0.766. The summed E-state index contributed by atoms with van der Waals surface area (Å²) in [4.78, 5) is 30.8. The molecule has 2 aromatic rings. The van der Waals surface area contributed by atoms with Crippen molar-refractivity contribution in [3.8, 4) is 16.3 Å². The maximum absolute atomic E-state index is 12.9. The second-order valence-corrected chi connectivity index (χ2v) is 7.72. The lowest BCUT2D eigenvalue weighted by Gasteiger charge is -2.31. The normalized spacial score (nSPS) is 15.0. The van der Waals surface area contributed by atoms with E-state index in [1.807, 2.05) is 43.0 Å². The molecule has 0 spiro atoms. The van der Waals surface area contributed by atoms with Gasteiger partial charge in [0.05, 0.1) is 12.3 Å². The first-order chi connectivity index (χ1) is 13.0. The molecule has 144 valence electrons. The maximum Gasteiger partial charge on any atom is 0.303 e. The summed E-state index contributed by atoms with van der Waals surface area (Å²) in [6.45, 7) is 5.63. The van der Waals surface area contributed by atoms with Crippen LogP contribution in [0.2, 0.25) is 0 Å². The number of hydrogen-bond donors (Lipinski definition) is 1. The Hall–Kier alpha value is -2.41. The van der Waals surface area contributed by atoms with Gasteiger partial charge in [0.2, 0.25) is 0 Å². The zero-order valence-electron chi connectivity index (χ0n) is 15.6. The number of likely N-dealkylation sites (tertiary alicyclic amines) is 1. The number of rotatable bonds is 6. The molecule has 6 nitrogen and oxygen atoms in total. The third kappa shape index (κ3) is 4.66. The number of aryl methyl sites for hydroxylation is 1. The van der Waals surface area contributed by atoms with Crippen LogP contribution in [-0.4, -0.2) is 46.6 Å². The lowest BCUT2D eigenvalue weighted by atomic mass is 9.93. The summed E-state index contributed by atoms with van der Waals surface area (Å²) in [6.07, 6.45) is 1.66. The summed E-state index contributed by atoms with van der Waals surface area (Å²) in [5, 5.41) is 9.74. The van der Waals surface area contributed by atoms with E-state index >= 15 is 0 Å². The molecule has 0 saturated carbocycles. The zero-order chi connectivity index (χ0) is 19.4. The fourth-order valence-electron chi connectivity index (χ4n) is 3.31. The van der Waals surface area contributed by atoms with Crippen molar-refractivity contribution in [3.63, 3.8) is 0 Å². The SMILES string of the molecule is CCOc1ccc(-c2nc(C)c(C(=O)N3CCC(CC(=O)O)CC3)s2)cc1. The number of aliphatic carboxylic acids is 1. The molecule has 0 bridgehead atoms. The Morgan fingerprint density at radius 2 is 1.93 bits per heavy atom. The molecule has 1 saturated heterocycles. The molecule has 1 aromatic heterocycles. The van der Waals surface area contributed by atoms with Gasteiger partial charge in [0.1, 0.15) is 15.6 Å². The van der Waals surface area contributed by atoms with Gasteiger partial charge in [-0.2, -0.15) is 0 Å². The molecule has 0 radical (unpaired) electrons. The molecule has 1 aliphatic rings. The summed E-state index contributed by atoms with van der Waals surface area (Å²) >= 11 is 1.41. The fraction of sp³-hybridized carbons (Fsp3) is 0.450. The quantitative estimate of drug-likeness (QED) is 0.813. The van der Waals surface area contributed by atoms with Gasteiger partial charge in [0.25, 0.3) is 5.91 Å². The molecule has 1 aliphatic heterocycles. The number of benzene rings is 1. The topological polar surface area (TPSA) is 79.7 Å². The molecule has 0 unspecified atom stereocenters. The lowest BCUT2D eigenvalue weighted by molar-refractivity contribution is -0.138. The van der Waals surface area contributed by atoms with Gasteiger partial charge in [-0.15, -0.1) is 11.3 Å². The van der Waals surface area contributed by atoms with E-state index in [1.165, 1.54) is 11.3 Å². The Morgan fingerprint density at radius 1 is 1.26 bits per heavy atom. The predicted molar refractivity (Wildman–Crippen MR) is 104 cm³/mol. The standard InChI is InChI=1S/C20H24N2O4S/c1-3-26-16-6-4-15(5-7-16)19-21-13(2)18(27-19)20(25)22-10-8-14(9-11-22)12-17(23)24/h4-7,14H,3,8-12H2,1-2H3,(H,23,24). The molecule has 3 rings (SSSR count). The van der Waals surface area contributed by atoms with Crippen molar-refractivity contribution >= 4 is 23.2 Å². The molecule has 0 aliphatic carbocycles. The van der Waals surface area contributed by atoms with E-state index in [4.69, 9.17) is 9.84 Å². The van der Waals surface area contributed by atoms with Gasteiger partial charge in [-0.05, 0) is 56.9 Å². The van der Waals surface area contributed by atoms with Crippen molar-refractivity contribution in [1.82, 2.24) is 9.88 Å². The first-order valence-electron chi connectivity index (χ1n) is 9.19. The average Bonchev–Trinajstić information content (AvgIpc) is 3.04. The number of nitrogens with zero attached hydrogens (tertiary/aromatic N) is 2. The van der Waals surface area contributed by atoms with Crippen LogP contribution in [0.5, 0.6) is 5.75 Å². The van der Waals surface area contributed by atoms with Crippen LogP contribution in [0.1, 0.15) is 41.6 Å². The third-order valence-corrected chi connectivity index (χ3v) is 5.96. The summed E-state index contributed by atoms with van der Waals surface area (Å²) in [6, 6.07) is 7.72. The number of amides is 1. The third-order valence-electron chi connectivity index (χ3n) is 4.77. The molecule has 2 heterocycles. The molecule has 7 heteroatoms. The van der Waals surface area contributed by atoms with E-state index in [-0.39, 0.29) is 18.2 Å². The van der Waals surface area contributed by atoms with E-state index < -0.39 is 5.97 Å². The summed E-state index contributed by atoms with van der Waals surface area (Å²) in [7, 11) is 0. The van der Waals surface area contributed by atoms with Gasteiger partial charge in [-0.25, -0.2) is 4.98 Å². The molecule has 27 heavy (non-hydrogen) atoms. The lowest BCUT2D eigenvalue weighted by Crippen LogP contribution is -2.38. The highest BCUT2D eigenvalue weighted by atomic mass is 32.1. The van der Waals surface area contributed by atoms with Crippen LogP contribution in [0.4, 0.5) is 0 Å². The Bertz CT molecular complexity index is 808. The van der Waals surface area contributed by atoms with Gasteiger partial charge >= 0.3 is 5.97 Å². The highest BCUT2D eigenvalue weighted by molar-refractivity contribution is 7.17. The predicted octanol–water partition coefficient (Wildman–Crippen LogP) is 3.84. The Kier molecular flexibility index (Phi) is 6.11. The smallest absolute Gasteiger partial charge is 0.303 e. The monoisotopic (exact) mass is 388 g/mol. The molecule has 0 atom stereocenters. The Labute approximate surface area is 162 Å². The van der Waals surface area contributed by atoms with Gasteiger partial charge in [-0.1, -0.05) is 0 Å². The number of piperidine rings is 1. The Balaban J connectivity index is 1.69. The van der Waals surface area contributed by atoms with Crippen molar-refractivity contribution in [3.05, 3.63) is 34.8 Å². The number of ether oxygens (including phenoxy) is 1. The highest BCUT2D eigenvalue weighted by Crippen LogP contribution is 2.31. The van der Waals surface area contributed by atoms with Crippen LogP contribution < -0.4 is 4.74 Å². The number of thiazole rings is 1. The second-order valence-electron chi connectivity index (χ2n) is 6.72. The minimum absolute atomic E-state index is 0.00374. The highest BCUT2D eigenvalue weighted by Gasteiger charge is 2.27. The fourth-order valence-corrected chi connectivity index (χ4v) is 4.35. The van der Waals surface area contributed by atoms with Gasteiger partial charge in [0, 0.05) is 25.1 Å². The number of carbonyl (C=O) groups is 2. The Morgan fingerprint density at radius 3 is 2.52 bits per heavy atom. The van der Waals surface area contributed by atoms with Crippen LogP contribution in [0.3, 0.4) is 0 Å². The van der Waals surface area contributed by atoms with Gasteiger partial charge in [0.15, 0.2) is 0 Å². The first kappa shape index (κ1) is 19.4. The first-order valence-corrected chi connectivity index (χ1v) is 10.0. The van der Waals surface area contributed by atoms with Crippen LogP contribution in [0.15, 0.2) is 24.3 Å². The minimum Gasteiger partial charge on any atom is -0.494 e. The molecule has 1 aromatic carbocycles. The van der Waals surface area contributed by atoms with Crippen LogP contribution in [0.25, 0.3) is 10.6 Å². The van der Waals surface area contributed by atoms with E-state index in [0.717, 1.165) is 34.9 Å². The van der Waals surface area contributed by atoms with Gasteiger partial charge < -0.3 is 14.7 Å². The van der Waals surface area contributed by atoms with Crippen molar-refractivity contribution in [2.75, 3.05) is 19.7 Å². The number of carboxylic acid groups (broad SMARTS) is 1. The van der Waals surface area contributed by atoms with Crippen LogP contribution in [-0.2, 0) is 4.79 Å². The van der Waals surface area contributed by atoms with Crippen molar-refractivity contribution in [2.24, 2.45) is 5.92 Å². The van der Waals surface area contributed by atoms with Crippen molar-refractivity contribution < 1.29 is 19.4 Å². The van der Waals surface area contributed by atoms with E-state index in [2.05, 4.69) is 4.98 Å². The van der Waals surface area contributed by atoms with Crippen LogP contribution in [0, 0.1) is 12.8 Å². The van der Waals surface area contributed by atoms with Crippen molar-refractivity contribution in [2.45, 2.75) is 33.1 Å². The van der Waals surface area contributed by atoms with E-state index in [9.17, 15) is 9.59 Å². The summed E-state index contributed by atoms with van der Waals surface area (Å²) in [5.41, 5.74) is 1.70. The van der Waals surface area contributed by atoms with Crippen LogP contribution >= 0.6 is 11.3 Å². The molecule has 1 N–H and O–H groups in total. The second kappa shape index (κ2) is 8.52. The van der Waals surface area contributed by atoms with Crippen molar-refractivity contribution in [1.29, 1.82) is 0 Å². The van der Waals surface area contributed by atoms with E-state index in [1.54, 1.807) is 0 Å². The number of aromatic nitrogens is 1. The zero-order valence-corrected chi connectivity index (χ0v) is 16.4. The average molecular weight is 388 g/mol. The maximum atomic E-state index is 12.9. The summed E-state index contributed by atoms with van der Waals surface area (Å²) < 4.78 is 5.46.